The number of hydrogen-bond donors (Lipinski definition) is 2. The van der Waals surface area contributed by atoms with Gasteiger partial charge in [-0.25, -0.2) is 0 Å². The number of thioether (sulfide) groups is 2. The van der Waals surface area contributed by atoms with E-state index in [9.17, 15) is 9.59 Å². The van der Waals surface area contributed by atoms with Gasteiger partial charge in [0.15, 0.2) is 0 Å². The van der Waals surface area contributed by atoms with E-state index in [0.717, 1.165) is 5.57 Å². The molecule has 0 aromatic heterocycles. The molecule has 0 aliphatic rings. The number of azide groups is 2. The van der Waals surface area contributed by atoms with Crippen LogP contribution in [0.15, 0.2) is 22.4 Å². The first-order valence-corrected chi connectivity index (χ1v) is 15.7. The van der Waals surface area contributed by atoms with Crippen molar-refractivity contribution in [3.05, 3.63) is 33.0 Å². The van der Waals surface area contributed by atoms with Crippen LogP contribution in [0.25, 0.3) is 20.9 Å². The van der Waals surface area contributed by atoms with Gasteiger partial charge in [-0.1, -0.05) is 22.4 Å². The Balaban J connectivity index is 3.41. The average molecular weight is 637 g/mol. The first-order valence-electron chi connectivity index (χ1n) is 13.4. The molecule has 0 bridgehead atoms. The standard InChI is InChI=1S/C24H44N8O8S2/c1-22(18-41-20-23(33)27-2-6-35-10-14-39-16-12-37-8-4-29-31-25)19-42-21-24(34)28-3-7-36-11-15-40-17-13-38-9-5-30-32-26/h1-21H2,(H,27,33)(H,28,34). The Morgan fingerprint density at radius 3 is 1.26 bits per heavy atom. The Kier molecular flexibility index (Phi) is 31.5. The zero-order valence-corrected chi connectivity index (χ0v) is 25.7. The zero-order chi connectivity index (χ0) is 30.8. The lowest BCUT2D eigenvalue weighted by Gasteiger charge is -2.09. The summed E-state index contributed by atoms with van der Waals surface area (Å²) in [6.07, 6.45) is 0. The van der Waals surface area contributed by atoms with Crippen LogP contribution in [-0.2, 0) is 38.0 Å². The second-order valence-electron chi connectivity index (χ2n) is 8.02. The highest BCUT2D eigenvalue weighted by molar-refractivity contribution is 8.01. The minimum absolute atomic E-state index is 0.0701. The second kappa shape index (κ2) is 33.3. The number of carbonyl (C=O) groups excluding carboxylic acids is 2. The van der Waals surface area contributed by atoms with Crippen LogP contribution in [0.1, 0.15) is 0 Å². The maximum absolute atomic E-state index is 11.9. The number of hydrogen-bond acceptors (Lipinski definition) is 12. The molecule has 0 atom stereocenters. The van der Waals surface area contributed by atoms with E-state index in [2.05, 4.69) is 37.3 Å². The number of nitrogens with zero attached hydrogens (tertiary/aromatic N) is 6. The van der Waals surface area contributed by atoms with Crippen molar-refractivity contribution >= 4 is 35.3 Å². The van der Waals surface area contributed by atoms with Gasteiger partial charge in [0.2, 0.25) is 11.8 Å². The van der Waals surface area contributed by atoms with E-state index in [1.807, 2.05) is 0 Å². The lowest BCUT2D eigenvalue weighted by Crippen LogP contribution is -2.29. The molecule has 0 aliphatic carbocycles. The van der Waals surface area contributed by atoms with Crippen molar-refractivity contribution in [2.24, 2.45) is 10.2 Å². The molecule has 18 heteroatoms. The van der Waals surface area contributed by atoms with Crippen molar-refractivity contribution in [1.82, 2.24) is 10.6 Å². The smallest absolute Gasteiger partial charge is 0.230 e. The van der Waals surface area contributed by atoms with E-state index in [-0.39, 0.29) is 11.8 Å². The van der Waals surface area contributed by atoms with Gasteiger partial charge in [0.05, 0.1) is 90.8 Å². The molecule has 0 radical (unpaired) electrons. The first-order chi connectivity index (χ1) is 20.6. The maximum Gasteiger partial charge on any atom is 0.230 e. The molecule has 0 aliphatic heterocycles. The summed E-state index contributed by atoms with van der Waals surface area (Å²) < 4.78 is 31.9. The van der Waals surface area contributed by atoms with Gasteiger partial charge in [-0.05, 0) is 11.1 Å². The zero-order valence-electron chi connectivity index (χ0n) is 24.1. The highest BCUT2D eigenvalue weighted by Crippen LogP contribution is 2.12. The topological polar surface area (TPSA) is 211 Å². The monoisotopic (exact) mass is 636 g/mol. The fraction of sp³-hybridized carbons (Fsp3) is 0.833. The Morgan fingerprint density at radius 1 is 0.571 bits per heavy atom. The van der Waals surface area contributed by atoms with Crippen LogP contribution in [0.4, 0.5) is 0 Å². The number of nitrogens with one attached hydrogen (secondary N) is 2. The molecule has 0 aromatic rings. The van der Waals surface area contributed by atoms with Crippen molar-refractivity contribution in [3.8, 4) is 0 Å². The molecule has 240 valence electrons. The molecule has 0 aromatic carbocycles. The number of rotatable bonds is 32. The summed E-state index contributed by atoms with van der Waals surface area (Å²) in [7, 11) is 0. The summed E-state index contributed by atoms with van der Waals surface area (Å²) >= 11 is 2.95. The third-order valence-corrected chi connectivity index (χ3v) is 6.66. The molecule has 0 unspecified atom stereocenters. The van der Waals surface area contributed by atoms with Crippen LogP contribution in [0.2, 0.25) is 0 Å². The minimum atomic E-state index is -0.0701. The van der Waals surface area contributed by atoms with Gasteiger partial charge in [0.25, 0.3) is 0 Å². The first kappa shape index (κ1) is 39.8. The van der Waals surface area contributed by atoms with Crippen molar-refractivity contribution < 1.29 is 38.0 Å². The van der Waals surface area contributed by atoms with Gasteiger partial charge in [-0.2, -0.15) is 0 Å². The van der Waals surface area contributed by atoms with Gasteiger partial charge in [0, 0.05) is 47.5 Å². The molecule has 2 amide bonds. The molecule has 0 saturated carbocycles. The Morgan fingerprint density at radius 2 is 0.905 bits per heavy atom. The van der Waals surface area contributed by atoms with Gasteiger partial charge in [0.1, 0.15) is 0 Å². The summed E-state index contributed by atoms with van der Waals surface area (Å²) in [6, 6.07) is 0. The van der Waals surface area contributed by atoms with Crippen LogP contribution in [0.3, 0.4) is 0 Å². The Labute approximate surface area is 255 Å². The van der Waals surface area contributed by atoms with Gasteiger partial charge >= 0.3 is 0 Å². The number of amides is 2. The van der Waals surface area contributed by atoms with E-state index in [1.165, 1.54) is 23.5 Å². The average Bonchev–Trinajstić information content (AvgIpc) is 2.98. The maximum atomic E-state index is 11.9. The predicted octanol–water partition coefficient (Wildman–Crippen LogP) is 1.96. The van der Waals surface area contributed by atoms with Crippen molar-refractivity contribution in [1.29, 1.82) is 0 Å². The number of ether oxygens (including phenoxy) is 6. The van der Waals surface area contributed by atoms with Gasteiger partial charge in [-0.15, -0.1) is 23.5 Å². The van der Waals surface area contributed by atoms with Gasteiger partial charge < -0.3 is 39.1 Å². The molecule has 2 N–H and O–H groups in total. The van der Waals surface area contributed by atoms with E-state index in [0.29, 0.717) is 128 Å². The molecule has 0 heterocycles. The third-order valence-electron chi connectivity index (χ3n) is 4.50. The molecular weight excluding hydrogens is 592 g/mol. The summed E-state index contributed by atoms with van der Waals surface area (Å²) in [5.41, 5.74) is 17.2. The highest BCUT2D eigenvalue weighted by atomic mass is 32.2. The highest BCUT2D eigenvalue weighted by Gasteiger charge is 2.05. The molecule has 0 spiro atoms. The number of carbonyl (C=O) groups is 2. The van der Waals surface area contributed by atoms with Crippen LogP contribution >= 0.6 is 23.5 Å². The summed E-state index contributed by atoms with van der Waals surface area (Å²) in [5.74, 6) is 1.79. The summed E-state index contributed by atoms with van der Waals surface area (Å²) in [6.45, 7) is 10.4. The molecular formula is C24H44N8O8S2. The third kappa shape index (κ3) is 32.3. The molecule has 0 saturated heterocycles. The van der Waals surface area contributed by atoms with Crippen LogP contribution in [0.5, 0.6) is 0 Å². The van der Waals surface area contributed by atoms with Crippen molar-refractivity contribution in [3.63, 3.8) is 0 Å². The lowest BCUT2D eigenvalue weighted by atomic mass is 10.4. The van der Waals surface area contributed by atoms with E-state index >= 15 is 0 Å². The molecule has 16 nitrogen and oxygen atoms in total. The normalized spacial score (nSPS) is 10.5. The predicted molar refractivity (Wildman–Crippen MR) is 163 cm³/mol. The van der Waals surface area contributed by atoms with Crippen LogP contribution in [0, 0.1) is 0 Å². The van der Waals surface area contributed by atoms with Crippen LogP contribution < -0.4 is 10.6 Å². The Bertz CT molecular complexity index is 740. The van der Waals surface area contributed by atoms with E-state index < -0.39 is 0 Å². The van der Waals surface area contributed by atoms with E-state index in [4.69, 9.17) is 39.5 Å². The second-order valence-corrected chi connectivity index (χ2v) is 9.99. The Hall–Kier alpha value is -2.24. The van der Waals surface area contributed by atoms with E-state index in [1.54, 1.807) is 0 Å². The molecule has 42 heavy (non-hydrogen) atoms. The van der Waals surface area contributed by atoms with Crippen molar-refractivity contribution in [2.45, 2.75) is 0 Å². The quantitative estimate of drug-likeness (QED) is 0.0360. The van der Waals surface area contributed by atoms with Crippen LogP contribution in [-0.4, -0.2) is 140 Å². The molecule has 0 rings (SSSR count). The van der Waals surface area contributed by atoms with Gasteiger partial charge in [-0.3, -0.25) is 9.59 Å². The minimum Gasteiger partial charge on any atom is -0.379 e. The largest absolute Gasteiger partial charge is 0.379 e. The van der Waals surface area contributed by atoms with Crippen molar-refractivity contribution in [2.75, 3.05) is 128 Å². The molecule has 0 fully saturated rings. The lowest BCUT2D eigenvalue weighted by molar-refractivity contribution is -0.119. The summed E-state index contributed by atoms with van der Waals surface area (Å²) in [5, 5.41) is 12.3. The fourth-order valence-corrected chi connectivity index (χ4v) is 4.32. The SMILES string of the molecule is C=C(CSCC(=O)NCCOCCOCCOCCN=[N+]=[N-])CSCC(=O)NCCOCCOCCOCCN=[N+]=[N-]. The summed E-state index contributed by atoms with van der Waals surface area (Å²) in [4.78, 5) is 29.1. The fourth-order valence-electron chi connectivity index (χ4n) is 2.63.